The van der Waals surface area contributed by atoms with E-state index in [0.717, 1.165) is 0 Å². The molecule has 0 aliphatic carbocycles. The number of nitrogens with two attached hydrogens (primary N) is 1. The molecule has 0 heterocycles. The van der Waals surface area contributed by atoms with E-state index in [1.54, 1.807) is 4.90 Å². The van der Waals surface area contributed by atoms with E-state index < -0.39 is 5.41 Å². The zero-order valence-electron chi connectivity index (χ0n) is 9.64. The lowest BCUT2D eigenvalue weighted by Gasteiger charge is -2.37. The molecular formula is C10H22N2O. The Morgan fingerprint density at radius 3 is 1.85 bits per heavy atom. The minimum atomic E-state index is -0.456. The lowest BCUT2D eigenvalue weighted by molar-refractivity contribution is -0.142. The maximum Gasteiger partial charge on any atom is 0.229 e. The number of hydrogen-bond donors (Lipinski definition) is 1. The normalized spacial score (nSPS) is 12.8. The van der Waals surface area contributed by atoms with Gasteiger partial charge in [-0.3, -0.25) is 4.79 Å². The molecule has 78 valence electrons. The molecule has 2 N–H and O–H groups in total. The highest BCUT2D eigenvalue weighted by molar-refractivity contribution is 5.82. The average molecular weight is 186 g/mol. The molecule has 0 aromatic rings. The largest absolute Gasteiger partial charge is 0.340 e. The first-order valence-electron chi connectivity index (χ1n) is 4.61. The number of rotatable bonds is 2. The van der Waals surface area contributed by atoms with E-state index in [-0.39, 0.29) is 11.4 Å². The molecule has 1 amide bonds. The van der Waals surface area contributed by atoms with Crippen molar-refractivity contribution in [2.75, 3.05) is 13.6 Å². The fourth-order valence-electron chi connectivity index (χ4n) is 0.846. The zero-order valence-corrected chi connectivity index (χ0v) is 9.64. The van der Waals surface area contributed by atoms with Crippen molar-refractivity contribution in [2.45, 2.75) is 40.2 Å². The number of carbonyl (C=O) groups is 1. The van der Waals surface area contributed by atoms with Gasteiger partial charge in [-0.2, -0.15) is 0 Å². The zero-order chi connectivity index (χ0) is 10.9. The van der Waals surface area contributed by atoms with Crippen LogP contribution in [-0.4, -0.2) is 29.9 Å². The number of hydrogen-bond acceptors (Lipinski definition) is 2. The smallest absolute Gasteiger partial charge is 0.229 e. The van der Waals surface area contributed by atoms with Crippen LogP contribution in [0.5, 0.6) is 0 Å². The third-order valence-electron chi connectivity index (χ3n) is 2.40. The summed E-state index contributed by atoms with van der Waals surface area (Å²) in [5.74, 6) is 0.0995. The SMILES string of the molecule is CN(C(=O)C(C)(C)CN)C(C)(C)C. The third kappa shape index (κ3) is 2.99. The van der Waals surface area contributed by atoms with Crippen LogP contribution in [0.25, 0.3) is 0 Å². The van der Waals surface area contributed by atoms with E-state index in [9.17, 15) is 4.79 Å². The van der Waals surface area contributed by atoms with Gasteiger partial charge in [0.2, 0.25) is 5.91 Å². The molecule has 3 nitrogen and oxygen atoms in total. The van der Waals surface area contributed by atoms with E-state index in [1.807, 2.05) is 41.7 Å². The molecule has 0 aliphatic heterocycles. The Balaban J connectivity index is 4.63. The maximum absolute atomic E-state index is 11.9. The van der Waals surface area contributed by atoms with E-state index in [4.69, 9.17) is 5.73 Å². The molecule has 0 rings (SSSR count). The fourth-order valence-corrected chi connectivity index (χ4v) is 0.846. The number of carbonyl (C=O) groups excluding carboxylic acids is 1. The molecule has 0 radical (unpaired) electrons. The molecule has 0 saturated carbocycles. The lowest BCUT2D eigenvalue weighted by Crippen LogP contribution is -2.50. The lowest BCUT2D eigenvalue weighted by atomic mass is 9.90. The number of nitrogens with zero attached hydrogens (tertiary/aromatic N) is 1. The predicted molar refractivity (Wildman–Crippen MR) is 55.4 cm³/mol. The minimum Gasteiger partial charge on any atom is -0.340 e. The van der Waals surface area contributed by atoms with Gasteiger partial charge in [-0.25, -0.2) is 0 Å². The summed E-state index contributed by atoms with van der Waals surface area (Å²) in [7, 11) is 1.82. The van der Waals surface area contributed by atoms with Crippen molar-refractivity contribution in [3.8, 4) is 0 Å². The summed E-state index contributed by atoms with van der Waals surface area (Å²) in [5, 5.41) is 0. The molecule has 0 aliphatic rings. The Kier molecular flexibility index (Phi) is 3.50. The van der Waals surface area contributed by atoms with Crippen molar-refractivity contribution in [3.05, 3.63) is 0 Å². The Morgan fingerprint density at radius 2 is 1.62 bits per heavy atom. The van der Waals surface area contributed by atoms with Gasteiger partial charge in [0.25, 0.3) is 0 Å². The standard InChI is InChI=1S/C10H22N2O/c1-9(2,3)12(6)8(13)10(4,5)7-11/h7,11H2,1-6H3. The van der Waals surface area contributed by atoms with Crippen molar-refractivity contribution >= 4 is 5.91 Å². The van der Waals surface area contributed by atoms with E-state index >= 15 is 0 Å². The van der Waals surface area contributed by atoms with Crippen molar-refractivity contribution in [3.63, 3.8) is 0 Å². The average Bonchev–Trinajstić information content (AvgIpc) is 2.00. The second kappa shape index (κ2) is 3.66. The number of amides is 1. The Morgan fingerprint density at radius 1 is 1.23 bits per heavy atom. The summed E-state index contributed by atoms with van der Waals surface area (Å²) in [6.45, 7) is 10.2. The Hall–Kier alpha value is -0.570. The van der Waals surface area contributed by atoms with Crippen LogP contribution in [0.4, 0.5) is 0 Å². The Bertz CT molecular complexity index is 192. The predicted octanol–water partition coefficient (Wildman–Crippen LogP) is 1.23. The van der Waals surface area contributed by atoms with Crippen molar-refractivity contribution in [1.82, 2.24) is 4.90 Å². The van der Waals surface area contributed by atoms with Gasteiger partial charge in [0.05, 0.1) is 5.41 Å². The van der Waals surface area contributed by atoms with Crippen molar-refractivity contribution < 1.29 is 4.79 Å². The van der Waals surface area contributed by atoms with Gasteiger partial charge in [0.15, 0.2) is 0 Å². The molecule has 0 aromatic carbocycles. The highest BCUT2D eigenvalue weighted by atomic mass is 16.2. The summed E-state index contributed by atoms with van der Waals surface area (Å²) in [6.07, 6.45) is 0. The quantitative estimate of drug-likeness (QED) is 0.705. The summed E-state index contributed by atoms with van der Waals surface area (Å²) >= 11 is 0. The molecule has 0 unspecified atom stereocenters. The summed E-state index contributed by atoms with van der Waals surface area (Å²) in [6, 6.07) is 0. The van der Waals surface area contributed by atoms with Crippen LogP contribution in [-0.2, 0) is 4.79 Å². The van der Waals surface area contributed by atoms with Gasteiger partial charge >= 0.3 is 0 Å². The topological polar surface area (TPSA) is 46.3 Å². The van der Waals surface area contributed by atoms with Crippen LogP contribution >= 0.6 is 0 Å². The Labute approximate surface area is 81.3 Å². The van der Waals surface area contributed by atoms with Crippen molar-refractivity contribution in [2.24, 2.45) is 11.1 Å². The van der Waals surface area contributed by atoms with E-state index in [1.165, 1.54) is 0 Å². The van der Waals surface area contributed by atoms with Crippen LogP contribution in [0.15, 0.2) is 0 Å². The second-order valence-electron chi connectivity index (χ2n) is 5.12. The van der Waals surface area contributed by atoms with Gasteiger partial charge in [0, 0.05) is 19.1 Å². The monoisotopic (exact) mass is 186 g/mol. The third-order valence-corrected chi connectivity index (χ3v) is 2.40. The summed E-state index contributed by atoms with van der Waals surface area (Å²) < 4.78 is 0. The molecule has 13 heavy (non-hydrogen) atoms. The van der Waals surface area contributed by atoms with Crippen molar-refractivity contribution in [1.29, 1.82) is 0 Å². The van der Waals surface area contributed by atoms with Gasteiger partial charge < -0.3 is 10.6 Å². The van der Waals surface area contributed by atoms with Crippen LogP contribution in [0, 0.1) is 5.41 Å². The fraction of sp³-hybridized carbons (Fsp3) is 0.900. The highest BCUT2D eigenvalue weighted by Crippen LogP contribution is 2.21. The van der Waals surface area contributed by atoms with Gasteiger partial charge in [0.1, 0.15) is 0 Å². The molecular weight excluding hydrogens is 164 g/mol. The van der Waals surface area contributed by atoms with Crippen LogP contribution < -0.4 is 5.73 Å². The first-order valence-corrected chi connectivity index (χ1v) is 4.61. The highest BCUT2D eigenvalue weighted by Gasteiger charge is 2.33. The maximum atomic E-state index is 11.9. The molecule has 0 spiro atoms. The van der Waals surface area contributed by atoms with E-state index in [2.05, 4.69) is 0 Å². The molecule has 0 fully saturated rings. The molecule has 0 atom stereocenters. The van der Waals surface area contributed by atoms with Gasteiger partial charge in [-0.1, -0.05) is 0 Å². The first kappa shape index (κ1) is 12.4. The van der Waals surface area contributed by atoms with Crippen LogP contribution in [0.1, 0.15) is 34.6 Å². The molecule has 3 heteroatoms. The first-order chi connectivity index (χ1) is 5.63. The van der Waals surface area contributed by atoms with Gasteiger partial charge in [-0.15, -0.1) is 0 Å². The van der Waals surface area contributed by atoms with E-state index in [0.29, 0.717) is 6.54 Å². The molecule has 0 saturated heterocycles. The minimum absolute atomic E-state index is 0.0995. The summed E-state index contributed by atoms with van der Waals surface area (Å²) in [5.41, 5.74) is 4.95. The molecule has 0 aromatic heterocycles. The van der Waals surface area contributed by atoms with Crippen LogP contribution in [0.3, 0.4) is 0 Å². The van der Waals surface area contributed by atoms with Crippen LogP contribution in [0.2, 0.25) is 0 Å². The molecule has 0 bridgehead atoms. The second-order valence-corrected chi connectivity index (χ2v) is 5.12. The van der Waals surface area contributed by atoms with Gasteiger partial charge in [-0.05, 0) is 34.6 Å². The summed E-state index contributed by atoms with van der Waals surface area (Å²) in [4.78, 5) is 13.6.